The number of carbonyl (C=O) groups is 2. The van der Waals surface area contributed by atoms with Gasteiger partial charge in [-0.05, 0) is 30.2 Å². The normalized spacial score (nSPS) is 13.1. The molecule has 0 bridgehead atoms. The summed E-state index contributed by atoms with van der Waals surface area (Å²) in [5, 5.41) is 2.75. The van der Waals surface area contributed by atoms with Gasteiger partial charge in [0.15, 0.2) is 0 Å². The molecule has 5 nitrogen and oxygen atoms in total. The second kappa shape index (κ2) is 11.9. The summed E-state index contributed by atoms with van der Waals surface area (Å²) in [6.07, 6.45) is 1.10. The van der Waals surface area contributed by atoms with E-state index in [0.717, 1.165) is 5.56 Å². The van der Waals surface area contributed by atoms with Crippen LogP contribution in [0, 0.1) is 11.8 Å². The molecule has 0 aliphatic rings. The van der Waals surface area contributed by atoms with E-state index in [0.29, 0.717) is 18.8 Å². The number of carbonyl (C=O) groups excluding carboxylic acids is 2. The lowest BCUT2D eigenvalue weighted by atomic mass is 10.0. The highest BCUT2D eigenvalue weighted by atomic mass is 35.5. The van der Waals surface area contributed by atoms with Crippen molar-refractivity contribution in [2.75, 3.05) is 0 Å². The Morgan fingerprint density at radius 1 is 1.04 bits per heavy atom. The van der Waals surface area contributed by atoms with E-state index in [4.69, 9.17) is 10.5 Å². The molecule has 0 aliphatic carbocycles. The molecule has 2 unspecified atom stereocenters. The lowest BCUT2D eigenvalue weighted by Gasteiger charge is -2.22. The summed E-state index contributed by atoms with van der Waals surface area (Å²) in [5.41, 5.74) is 6.81. The molecular weight excluding hydrogens is 340 g/mol. The largest absolute Gasteiger partial charge is 0.459 e. The maximum absolute atomic E-state index is 12.4. The molecule has 142 valence electrons. The number of hydrogen-bond acceptors (Lipinski definition) is 4. The van der Waals surface area contributed by atoms with Crippen LogP contribution in [0.25, 0.3) is 0 Å². The van der Waals surface area contributed by atoms with Crippen LogP contribution in [0.2, 0.25) is 0 Å². The highest BCUT2D eigenvalue weighted by Crippen LogP contribution is 2.10. The number of nitrogens with two attached hydrogens (primary N) is 1. The Hall–Kier alpha value is -1.59. The molecular formula is C19H31ClN2O3. The zero-order chi connectivity index (χ0) is 18.1. The van der Waals surface area contributed by atoms with Crippen molar-refractivity contribution in [2.45, 2.75) is 59.2 Å². The molecule has 1 aromatic rings. The Balaban J connectivity index is 0.00000576. The van der Waals surface area contributed by atoms with Crippen molar-refractivity contribution in [3.63, 3.8) is 0 Å². The Bertz CT molecular complexity index is 521. The Morgan fingerprint density at radius 2 is 1.60 bits per heavy atom. The molecule has 1 aromatic carbocycles. The number of rotatable bonds is 9. The third kappa shape index (κ3) is 9.46. The molecule has 1 amide bonds. The summed E-state index contributed by atoms with van der Waals surface area (Å²) >= 11 is 0. The first-order valence-electron chi connectivity index (χ1n) is 8.56. The van der Waals surface area contributed by atoms with E-state index in [1.165, 1.54) is 0 Å². The average Bonchev–Trinajstić information content (AvgIpc) is 2.51. The van der Waals surface area contributed by atoms with Gasteiger partial charge in [-0.25, -0.2) is 4.79 Å². The molecule has 1 rings (SSSR count). The van der Waals surface area contributed by atoms with Gasteiger partial charge in [-0.1, -0.05) is 58.0 Å². The highest BCUT2D eigenvalue weighted by molar-refractivity contribution is 5.87. The molecule has 0 fully saturated rings. The number of esters is 1. The fraction of sp³-hybridized carbons (Fsp3) is 0.579. The Labute approximate surface area is 157 Å². The lowest BCUT2D eigenvalue weighted by molar-refractivity contribution is -0.149. The van der Waals surface area contributed by atoms with E-state index < -0.39 is 18.1 Å². The zero-order valence-corrected chi connectivity index (χ0v) is 16.3. The number of nitrogens with one attached hydrogen (secondary N) is 1. The van der Waals surface area contributed by atoms with Crippen LogP contribution in [-0.4, -0.2) is 24.0 Å². The quantitative estimate of drug-likeness (QED) is 0.654. The SMILES string of the molecule is CC(C)CC(N)C(=O)NC(CC(C)C)C(=O)OCc1ccccc1.Cl. The first kappa shape index (κ1) is 23.4. The maximum atomic E-state index is 12.4. The second-order valence-electron chi connectivity index (χ2n) is 7.02. The summed E-state index contributed by atoms with van der Waals surface area (Å²) in [4.78, 5) is 24.6. The molecule has 0 heterocycles. The first-order valence-corrected chi connectivity index (χ1v) is 8.56. The monoisotopic (exact) mass is 370 g/mol. The van der Waals surface area contributed by atoms with Crippen LogP contribution in [-0.2, 0) is 20.9 Å². The predicted octanol–water partition coefficient (Wildman–Crippen LogP) is 3.06. The van der Waals surface area contributed by atoms with Gasteiger partial charge in [-0.15, -0.1) is 12.4 Å². The minimum atomic E-state index is -0.667. The maximum Gasteiger partial charge on any atom is 0.328 e. The van der Waals surface area contributed by atoms with Gasteiger partial charge in [-0.2, -0.15) is 0 Å². The van der Waals surface area contributed by atoms with Crippen molar-refractivity contribution in [3.8, 4) is 0 Å². The third-order valence-electron chi connectivity index (χ3n) is 3.59. The zero-order valence-electron chi connectivity index (χ0n) is 15.5. The summed E-state index contributed by atoms with van der Waals surface area (Å²) in [7, 11) is 0. The van der Waals surface area contributed by atoms with Crippen LogP contribution in [0.3, 0.4) is 0 Å². The number of amides is 1. The molecule has 25 heavy (non-hydrogen) atoms. The van der Waals surface area contributed by atoms with Crippen molar-refractivity contribution in [1.29, 1.82) is 0 Å². The Kier molecular flexibility index (Phi) is 11.1. The summed E-state index contributed by atoms with van der Waals surface area (Å²) in [5.74, 6) is -0.149. The minimum absolute atomic E-state index is 0. The molecule has 0 aromatic heterocycles. The molecule has 0 aliphatic heterocycles. The van der Waals surface area contributed by atoms with Gasteiger partial charge in [0, 0.05) is 0 Å². The van der Waals surface area contributed by atoms with Crippen molar-refractivity contribution in [1.82, 2.24) is 5.32 Å². The molecule has 0 radical (unpaired) electrons. The van der Waals surface area contributed by atoms with Gasteiger partial charge >= 0.3 is 5.97 Å². The fourth-order valence-electron chi connectivity index (χ4n) is 2.41. The van der Waals surface area contributed by atoms with Gasteiger partial charge in [-0.3, -0.25) is 4.79 Å². The van der Waals surface area contributed by atoms with Crippen molar-refractivity contribution >= 4 is 24.3 Å². The highest BCUT2D eigenvalue weighted by Gasteiger charge is 2.26. The van der Waals surface area contributed by atoms with Gasteiger partial charge in [0.25, 0.3) is 0 Å². The van der Waals surface area contributed by atoms with Gasteiger partial charge in [0.05, 0.1) is 6.04 Å². The van der Waals surface area contributed by atoms with Crippen LogP contribution < -0.4 is 11.1 Å². The van der Waals surface area contributed by atoms with Crippen molar-refractivity contribution in [3.05, 3.63) is 35.9 Å². The first-order chi connectivity index (χ1) is 11.3. The molecule has 0 saturated heterocycles. The van der Waals surface area contributed by atoms with Crippen molar-refractivity contribution < 1.29 is 14.3 Å². The van der Waals surface area contributed by atoms with Gasteiger partial charge in [0.1, 0.15) is 12.6 Å². The van der Waals surface area contributed by atoms with Crippen LogP contribution in [0.5, 0.6) is 0 Å². The number of benzene rings is 1. The summed E-state index contributed by atoms with van der Waals surface area (Å²) < 4.78 is 5.36. The Morgan fingerprint density at radius 3 is 2.12 bits per heavy atom. The molecule has 2 atom stereocenters. The second-order valence-corrected chi connectivity index (χ2v) is 7.02. The topological polar surface area (TPSA) is 81.4 Å². The smallest absolute Gasteiger partial charge is 0.328 e. The van der Waals surface area contributed by atoms with Crippen LogP contribution >= 0.6 is 12.4 Å². The number of hydrogen-bond donors (Lipinski definition) is 2. The molecule has 0 spiro atoms. The van der Waals surface area contributed by atoms with E-state index in [1.807, 2.05) is 58.0 Å². The predicted molar refractivity (Wildman–Crippen MR) is 102 cm³/mol. The van der Waals surface area contributed by atoms with E-state index >= 15 is 0 Å². The van der Waals surface area contributed by atoms with Crippen LogP contribution in [0.4, 0.5) is 0 Å². The lowest BCUT2D eigenvalue weighted by Crippen LogP contribution is -2.49. The minimum Gasteiger partial charge on any atom is -0.459 e. The van der Waals surface area contributed by atoms with E-state index in [1.54, 1.807) is 0 Å². The fourth-order valence-corrected chi connectivity index (χ4v) is 2.41. The van der Waals surface area contributed by atoms with E-state index in [-0.39, 0.29) is 30.8 Å². The summed E-state index contributed by atoms with van der Waals surface area (Å²) in [6, 6.07) is 8.19. The molecule has 3 N–H and O–H groups in total. The number of halogens is 1. The van der Waals surface area contributed by atoms with Crippen LogP contribution in [0.1, 0.15) is 46.1 Å². The van der Waals surface area contributed by atoms with E-state index in [9.17, 15) is 9.59 Å². The average molecular weight is 371 g/mol. The standard InChI is InChI=1S/C19H30N2O3.ClH/c1-13(2)10-16(20)18(22)21-17(11-14(3)4)19(23)24-12-15-8-6-5-7-9-15;/h5-9,13-14,16-17H,10-12,20H2,1-4H3,(H,21,22);1H. The van der Waals surface area contributed by atoms with E-state index in [2.05, 4.69) is 5.32 Å². The van der Waals surface area contributed by atoms with Gasteiger partial charge in [0.2, 0.25) is 5.91 Å². The van der Waals surface area contributed by atoms with Crippen molar-refractivity contribution in [2.24, 2.45) is 17.6 Å². The third-order valence-corrected chi connectivity index (χ3v) is 3.59. The van der Waals surface area contributed by atoms with Crippen LogP contribution in [0.15, 0.2) is 30.3 Å². The summed E-state index contributed by atoms with van der Waals surface area (Å²) in [6.45, 7) is 8.21. The molecule has 0 saturated carbocycles. The molecule has 6 heteroatoms. The van der Waals surface area contributed by atoms with Gasteiger partial charge < -0.3 is 15.8 Å². The number of ether oxygens (including phenoxy) is 1.